The van der Waals surface area contributed by atoms with Crippen molar-refractivity contribution in [3.05, 3.63) is 29.3 Å². The molecule has 0 aromatic heterocycles. The van der Waals surface area contributed by atoms with E-state index in [1.54, 1.807) is 0 Å². The molecule has 0 heterocycles. The van der Waals surface area contributed by atoms with E-state index in [9.17, 15) is 0 Å². The lowest BCUT2D eigenvalue weighted by atomic mass is 10.1. The van der Waals surface area contributed by atoms with Crippen LogP contribution in [0, 0.1) is 13.8 Å². The van der Waals surface area contributed by atoms with Crippen LogP contribution in [-0.4, -0.2) is 26.7 Å². The molecule has 1 aromatic carbocycles. The smallest absolute Gasteiger partial charge is 0.0393 e. The highest BCUT2D eigenvalue weighted by atomic mass is 15.1. The van der Waals surface area contributed by atoms with E-state index in [2.05, 4.69) is 56.2 Å². The number of rotatable bonds is 7. The second-order valence-electron chi connectivity index (χ2n) is 4.77. The Morgan fingerprint density at radius 2 is 1.94 bits per heavy atom. The molecule has 0 saturated carbocycles. The lowest BCUT2D eigenvalue weighted by Gasteiger charge is -2.21. The summed E-state index contributed by atoms with van der Waals surface area (Å²) in [5.74, 6) is 0. The Hall–Kier alpha value is -1.02. The molecule has 96 valence electrons. The van der Waals surface area contributed by atoms with E-state index in [1.165, 1.54) is 29.7 Å². The van der Waals surface area contributed by atoms with Crippen LogP contribution in [0.4, 0.5) is 5.69 Å². The molecule has 0 bridgehead atoms. The fourth-order valence-corrected chi connectivity index (χ4v) is 2.13. The first-order valence-corrected chi connectivity index (χ1v) is 6.64. The monoisotopic (exact) mass is 234 g/mol. The van der Waals surface area contributed by atoms with E-state index >= 15 is 0 Å². The minimum Gasteiger partial charge on any atom is -0.374 e. The average Bonchev–Trinajstić information content (AvgIpc) is 2.28. The van der Waals surface area contributed by atoms with Gasteiger partial charge in [0.1, 0.15) is 0 Å². The van der Waals surface area contributed by atoms with Crippen LogP contribution in [0.15, 0.2) is 18.2 Å². The second-order valence-corrected chi connectivity index (χ2v) is 4.77. The van der Waals surface area contributed by atoms with Crippen LogP contribution >= 0.6 is 0 Å². The van der Waals surface area contributed by atoms with Gasteiger partial charge in [0, 0.05) is 19.3 Å². The fourth-order valence-electron chi connectivity index (χ4n) is 2.13. The molecule has 1 rings (SSSR count). The first-order chi connectivity index (χ1) is 8.15. The van der Waals surface area contributed by atoms with Gasteiger partial charge in [0.25, 0.3) is 0 Å². The van der Waals surface area contributed by atoms with E-state index in [0.29, 0.717) is 0 Å². The molecule has 0 atom stereocenters. The van der Waals surface area contributed by atoms with Gasteiger partial charge in [-0.3, -0.25) is 0 Å². The zero-order chi connectivity index (χ0) is 12.7. The summed E-state index contributed by atoms with van der Waals surface area (Å²) < 4.78 is 0. The molecule has 0 unspecified atom stereocenters. The van der Waals surface area contributed by atoms with Gasteiger partial charge in [-0.1, -0.05) is 24.6 Å². The van der Waals surface area contributed by atoms with Crippen LogP contribution < -0.4 is 10.2 Å². The maximum atomic E-state index is 3.36. The number of anilines is 1. The first kappa shape index (κ1) is 14.0. The predicted octanol–water partition coefficient (Wildman–Crippen LogP) is 3.13. The summed E-state index contributed by atoms with van der Waals surface area (Å²) in [7, 11) is 2.19. The number of hydrogen-bond acceptors (Lipinski definition) is 2. The topological polar surface area (TPSA) is 15.3 Å². The van der Waals surface area contributed by atoms with E-state index in [0.717, 1.165) is 19.6 Å². The van der Waals surface area contributed by atoms with Crippen molar-refractivity contribution in [2.45, 2.75) is 33.6 Å². The second kappa shape index (κ2) is 7.33. The molecule has 2 heteroatoms. The van der Waals surface area contributed by atoms with Gasteiger partial charge in [0.05, 0.1) is 0 Å². The summed E-state index contributed by atoms with van der Waals surface area (Å²) in [5, 5.41) is 3.36. The highest BCUT2D eigenvalue weighted by molar-refractivity contribution is 5.53. The molecule has 1 N–H and O–H groups in total. The number of nitrogens with zero attached hydrogens (tertiary/aromatic N) is 1. The molecular weight excluding hydrogens is 208 g/mol. The Morgan fingerprint density at radius 3 is 2.59 bits per heavy atom. The summed E-state index contributed by atoms with van der Waals surface area (Å²) in [5.41, 5.74) is 4.07. The molecule has 0 fully saturated rings. The largest absolute Gasteiger partial charge is 0.374 e. The SMILES string of the molecule is CCNCCCCN(C)c1ccc(C)cc1C. The molecule has 0 amide bonds. The number of hydrogen-bond donors (Lipinski definition) is 1. The molecule has 17 heavy (non-hydrogen) atoms. The molecule has 0 saturated heterocycles. The van der Waals surface area contributed by atoms with Crippen LogP contribution in [0.5, 0.6) is 0 Å². The third kappa shape index (κ3) is 4.78. The van der Waals surface area contributed by atoms with E-state index in [1.807, 2.05) is 0 Å². The lowest BCUT2D eigenvalue weighted by Crippen LogP contribution is -2.21. The van der Waals surface area contributed by atoms with Gasteiger partial charge >= 0.3 is 0 Å². The third-order valence-corrected chi connectivity index (χ3v) is 3.11. The molecule has 0 aliphatic rings. The van der Waals surface area contributed by atoms with Crippen molar-refractivity contribution in [2.75, 3.05) is 31.6 Å². The fraction of sp³-hybridized carbons (Fsp3) is 0.600. The van der Waals surface area contributed by atoms with Crippen molar-refractivity contribution in [3.8, 4) is 0 Å². The van der Waals surface area contributed by atoms with Gasteiger partial charge in [0.2, 0.25) is 0 Å². The van der Waals surface area contributed by atoms with Crippen LogP contribution in [0.2, 0.25) is 0 Å². The number of unbranched alkanes of at least 4 members (excludes halogenated alkanes) is 1. The Bertz CT molecular complexity index is 334. The van der Waals surface area contributed by atoms with Crippen molar-refractivity contribution in [1.29, 1.82) is 0 Å². The molecule has 0 radical (unpaired) electrons. The van der Waals surface area contributed by atoms with Gasteiger partial charge in [-0.2, -0.15) is 0 Å². The zero-order valence-corrected chi connectivity index (χ0v) is 11.7. The molecule has 1 aromatic rings. The summed E-state index contributed by atoms with van der Waals surface area (Å²) in [4.78, 5) is 2.36. The minimum atomic E-state index is 1.08. The Morgan fingerprint density at radius 1 is 1.18 bits per heavy atom. The standard InChI is InChI=1S/C15H26N2/c1-5-16-10-6-7-11-17(4)15-9-8-13(2)12-14(15)3/h8-9,12,16H,5-7,10-11H2,1-4H3. The lowest BCUT2D eigenvalue weighted by molar-refractivity contribution is 0.638. The summed E-state index contributed by atoms with van der Waals surface area (Å²) >= 11 is 0. The average molecular weight is 234 g/mol. The van der Waals surface area contributed by atoms with Gasteiger partial charge in [-0.05, 0) is 51.4 Å². The van der Waals surface area contributed by atoms with Crippen LogP contribution in [0.25, 0.3) is 0 Å². The van der Waals surface area contributed by atoms with Crippen molar-refractivity contribution >= 4 is 5.69 Å². The number of benzene rings is 1. The van der Waals surface area contributed by atoms with Gasteiger partial charge in [-0.15, -0.1) is 0 Å². The summed E-state index contributed by atoms with van der Waals surface area (Å²) in [6, 6.07) is 6.68. The van der Waals surface area contributed by atoms with Crippen molar-refractivity contribution in [1.82, 2.24) is 5.32 Å². The van der Waals surface area contributed by atoms with Crippen LogP contribution in [0.1, 0.15) is 30.9 Å². The maximum Gasteiger partial charge on any atom is 0.0393 e. The van der Waals surface area contributed by atoms with Crippen molar-refractivity contribution < 1.29 is 0 Å². The Balaban J connectivity index is 2.38. The molecule has 0 aliphatic heterocycles. The quantitative estimate of drug-likeness (QED) is 0.729. The van der Waals surface area contributed by atoms with E-state index in [4.69, 9.17) is 0 Å². The van der Waals surface area contributed by atoms with Gasteiger partial charge in [-0.25, -0.2) is 0 Å². The number of aryl methyl sites for hydroxylation is 2. The van der Waals surface area contributed by atoms with Crippen molar-refractivity contribution in [2.24, 2.45) is 0 Å². The molecule has 0 aliphatic carbocycles. The van der Waals surface area contributed by atoms with Crippen LogP contribution in [0.3, 0.4) is 0 Å². The first-order valence-electron chi connectivity index (χ1n) is 6.64. The molecular formula is C15H26N2. The third-order valence-electron chi connectivity index (χ3n) is 3.11. The van der Waals surface area contributed by atoms with E-state index < -0.39 is 0 Å². The maximum absolute atomic E-state index is 3.36. The highest BCUT2D eigenvalue weighted by Gasteiger charge is 2.03. The normalized spacial score (nSPS) is 10.6. The highest BCUT2D eigenvalue weighted by Crippen LogP contribution is 2.20. The zero-order valence-electron chi connectivity index (χ0n) is 11.7. The van der Waals surface area contributed by atoms with Crippen molar-refractivity contribution in [3.63, 3.8) is 0 Å². The predicted molar refractivity (Wildman–Crippen MR) is 77.0 cm³/mol. The van der Waals surface area contributed by atoms with Gasteiger partial charge < -0.3 is 10.2 Å². The minimum absolute atomic E-state index is 1.08. The number of nitrogens with one attached hydrogen (secondary N) is 1. The Labute approximate surface area is 106 Å². The summed E-state index contributed by atoms with van der Waals surface area (Å²) in [6.45, 7) is 9.84. The van der Waals surface area contributed by atoms with Gasteiger partial charge in [0.15, 0.2) is 0 Å². The summed E-state index contributed by atoms with van der Waals surface area (Å²) in [6.07, 6.45) is 2.50. The Kier molecular flexibility index (Phi) is 6.06. The van der Waals surface area contributed by atoms with E-state index in [-0.39, 0.29) is 0 Å². The molecule has 0 spiro atoms. The van der Waals surface area contributed by atoms with Crippen LogP contribution in [-0.2, 0) is 0 Å². The molecule has 2 nitrogen and oxygen atoms in total.